The Labute approximate surface area is 138 Å². The fraction of sp³-hybridized carbons (Fsp3) is 0.0833. The van der Waals surface area contributed by atoms with Crippen molar-refractivity contribution >= 4 is 41.2 Å². The number of imide groups is 2. The molecule has 13 nitrogen and oxygen atoms in total. The second-order valence-electron chi connectivity index (χ2n) is 4.61. The van der Waals surface area contributed by atoms with E-state index < -0.39 is 40.6 Å². The van der Waals surface area contributed by atoms with E-state index in [-0.39, 0.29) is 11.4 Å². The number of nitrogens with one attached hydrogen (secondary N) is 5. The zero-order chi connectivity index (χ0) is 18.6. The van der Waals surface area contributed by atoms with Crippen LogP contribution < -0.4 is 26.8 Å². The standard InChI is InChI=1S/C12H10N6O7/c19-8-7(9(20)15-11(22)14-8)10(21)16-17-12(23)13-5-1-3-6(4-2-5)18(24)25/h1-4,7H,(H,16,21)(H2,13,17,23)(H2,14,15,19,20,22). The molecule has 0 unspecified atom stereocenters. The van der Waals surface area contributed by atoms with E-state index in [1.54, 1.807) is 10.6 Å². The van der Waals surface area contributed by atoms with Crippen molar-refractivity contribution in [1.29, 1.82) is 0 Å². The lowest BCUT2D eigenvalue weighted by Crippen LogP contribution is -2.61. The smallest absolute Gasteiger partial charge is 0.307 e. The maximum Gasteiger partial charge on any atom is 0.337 e. The molecule has 0 atom stereocenters. The van der Waals surface area contributed by atoms with Gasteiger partial charge in [0.15, 0.2) is 5.92 Å². The Balaban J connectivity index is 1.88. The molecule has 1 saturated heterocycles. The van der Waals surface area contributed by atoms with Gasteiger partial charge in [0.05, 0.1) is 4.92 Å². The molecule has 0 bridgehead atoms. The lowest BCUT2D eigenvalue weighted by atomic mass is 10.1. The zero-order valence-electron chi connectivity index (χ0n) is 12.2. The number of carbonyl (C=O) groups excluding carboxylic acids is 5. The molecular weight excluding hydrogens is 340 g/mol. The number of non-ortho nitro benzene ring substituents is 1. The fourth-order valence-electron chi connectivity index (χ4n) is 1.78. The number of nitro benzene ring substituents is 1. The van der Waals surface area contributed by atoms with Gasteiger partial charge in [0.25, 0.3) is 11.6 Å². The van der Waals surface area contributed by atoms with Crippen molar-refractivity contribution in [2.45, 2.75) is 0 Å². The molecule has 1 aliphatic heterocycles. The molecule has 5 N–H and O–H groups in total. The first-order valence-corrected chi connectivity index (χ1v) is 6.55. The number of hydrogen-bond acceptors (Lipinski definition) is 7. The second kappa shape index (κ2) is 7.03. The molecule has 25 heavy (non-hydrogen) atoms. The first-order valence-electron chi connectivity index (χ1n) is 6.55. The van der Waals surface area contributed by atoms with E-state index >= 15 is 0 Å². The monoisotopic (exact) mass is 350 g/mol. The normalized spacial score (nSPS) is 14.2. The molecular formula is C12H10N6O7. The van der Waals surface area contributed by atoms with Crippen LogP contribution in [0, 0.1) is 16.0 Å². The average Bonchev–Trinajstić information content (AvgIpc) is 2.52. The third-order valence-corrected chi connectivity index (χ3v) is 2.90. The number of nitrogens with zero attached hydrogens (tertiary/aromatic N) is 1. The minimum absolute atomic E-state index is 0.178. The summed E-state index contributed by atoms with van der Waals surface area (Å²) in [6.07, 6.45) is 0. The Kier molecular flexibility index (Phi) is 4.87. The van der Waals surface area contributed by atoms with E-state index in [0.29, 0.717) is 0 Å². The summed E-state index contributed by atoms with van der Waals surface area (Å²) in [5.74, 6) is -5.29. The number of amides is 7. The molecule has 0 saturated carbocycles. The van der Waals surface area contributed by atoms with Crippen LogP contribution in [0.4, 0.5) is 21.0 Å². The van der Waals surface area contributed by atoms with E-state index in [0.717, 1.165) is 12.1 Å². The third kappa shape index (κ3) is 4.25. The molecule has 13 heteroatoms. The van der Waals surface area contributed by atoms with E-state index in [1.165, 1.54) is 12.1 Å². The lowest BCUT2D eigenvalue weighted by Gasteiger charge is -2.20. The predicted molar refractivity (Wildman–Crippen MR) is 78.6 cm³/mol. The number of benzene rings is 1. The van der Waals surface area contributed by atoms with Gasteiger partial charge in [-0.25, -0.2) is 15.0 Å². The largest absolute Gasteiger partial charge is 0.337 e. The molecule has 1 aromatic rings. The number of nitro groups is 1. The van der Waals surface area contributed by atoms with Crippen LogP contribution in [0.25, 0.3) is 0 Å². The van der Waals surface area contributed by atoms with Crippen LogP contribution in [0.3, 0.4) is 0 Å². The number of rotatable bonds is 3. The average molecular weight is 350 g/mol. The van der Waals surface area contributed by atoms with Crippen LogP contribution >= 0.6 is 0 Å². The summed E-state index contributed by atoms with van der Waals surface area (Å²) < 4.78 is 0. The minimum atomic E-state index is -1.85. The highest BCUT2D eigenvalue weighted by atomic mass is 16.6. The van der Waals surface area contributed by atoms with Gasteiger partial charge in [-0.3, -0.25) is 40.6 Å². The number of barbiturate groups is 1. The molecule has 7 amide bonds. The number of anilines is 1. The molecule has 1 heterocycles. The van der Waals surface area contributed by atoms with Crippen LogP contribution in [0.5, 0.6) is 0 Å². The van der Waals surface area contributed by atoms with Crippen molar-refractivity contribution in [2.24, 2.45) is 5.92 Å². The Morgan fingerprint density at radius 2 is 1.56 bits per heavy atom. The van der Waals surface area contributed by atoms with Gasteiger partial charge in [0.1, 0.15) is 0 Å². The number of urea groups is 2. The van der Waals surface area contributed by atoms with Crippen molar-refractivity contribution in [3.8, 4) is 0 Å². The van der Waals surface area contributed by atoms with Crippen LogP contribution in [0.2, 0.25) is 0 Å². The Morgan fingerprint density at radius 1 is 1.00 bits per heavy atom. The van der Waals surface area contributed by atoms with Crippen molar-refractivity contribution in [2.75, 3.05) is 5.32 Å². The van der Waals surface area contributed by atoms with Crippen LogP contribution in [0.1, 0.15) is 0 Å². The first kappa shape index (κ1) is 17.3. The van der Waals surface area contributed by atoms with Crippen molar-refractivity contribution in [1.82, 2.24) is 21.5 Å². The van der Waals surface area contributed by atoms with Crippen LogP contribution in [-0.4, -0.2) is 34.7 Å². The van der Waals surface area contributed by atoms with Gasteiger partial charge < -0.3 is 5.32 Å². The van der Waals surface area contributed by atoms with E-state index in [9.17, 15) is 34.1 Å². The summed E-state index contributed by atoms with van der Waals surface area (Å²) in [7, 11) is 0. The van der Waals surface area contributed by atoms with E-state index in [2.05, 4.69) is 5.32 Å². The zero-order valence-corrected chi connectivity index (χ0v) is 12.2. The summed E-state index contributed by atoms with van der Waals surface area (Å²) in [6, 6.07) is 2.84. The van der Waals surface area contributed by atoms with Gasteiger partial charge in [-0.05, 0) is 12.1 Å². The van der Waals surface area contributed by atoms with Crippen LogP contribution in [-0.2, 0) is 14.4 Å². The van der Waals surface area contributed by atoms with Gasteiger partial charge in [0, 0.05) is 17.8 Å². The Bertz CT molecular complexity index is 755. The molecule has 0 radical (unpaired) electrons. The van der Waals surface area contributed by atoms with Gasteiger partial charge in [-0.1, -0.05) is 0 Å². The van der Waals surface area contributed by atoms with Crippen LogP contribution in [0.15, 0.2) is 24.3 Å². The highest BCUT2D eigenvalue weighted by molar-refractivity contribution is 6.26. The topological polar surface area (TPSA) is 189 Å². The van der Waals surface area contributed by atoms with Crippen molar-refractivity contribution < 1.29 is 28.9 Å². The molecule has 0 spiro atoms. The van der Waals surface area contributed by atoms with Crippen molar-refractivity contribution in [3.63, 3.8) is 0 Å². The van der Waals surface area contributed by atoms with Crippen molar-refractivity contribution in [3.05, 3.63) is 34.4 Å². The molecule has 130 valence electrons. The summed E-state index contributed by atoms with van der Waals surface area (Å²) in [4.78, 5) is 67.0. The molecule has 0 aliphatic carbocycles. The highest BCUT2D eigenvalue weighted by Gasteiger charge is 2.40. The minimum Gasteiger partial charge on any atom is -0.307 e. The Morgan fingerprint density at radius 3 is 2.08 bits per heavy atom. The fourth-order valence-corrected chi connectivity index (χ4v) is 1.78. The third-order valence-electron chi connectivity index (χ3n) is 2.90. The predicted octanol–water partition coefficient (Wildman–Crippen LogP) is -1.27. The van der Waals surface area contributed by atoms with Gasteiger partial charge in [0.2, 0.25) is 11.8 Å². The SMILES string of the molecule is O=C1NC(=O)C(C(=O)NNC(=O)Nc2ccc([N+](=O)[O-])cc2)C(=O)N1. The van der Waals surface area contributed by atoms with Gasteiger partial charge >= 0.3 is 12.1 Å². The van der Waals surface area contributed by atoms with Gasteiger partial charge in [-0.2, -0.15) is 0 Å². The maximum absolute atomic E-state index is 11.7. The number of hydrazine groups is 1. The molecule has 2 rings (SSSR count). The van der Waals surface area contributed by atoms with Gasteiger partial charge in [-0.15, -0.1) is 0 Å². The highest BCUT2D eigenvalue weighted by Crippen LogP contribution is 2.15. The summed E-state index contributed by atoms with van der Waals surface area (Å²) in [5, 5.41) is 16.2. The molecule has 1 fully saturated rings. The second-order valence-corrected chi connectivity index (χ2v) is 4.61. The summed E-state index contributed by atoms with van der Waals surface area (Å²) in [6.45, 7) is 0. The number of carbonyl (C=O) groups is 5. The maximum atomic E-state index is 11.7. The molecule has 1 aliphatic rings. The van der Waals surface area contributed by atoms with E-state index in [4.69, 9.17) is 0 Å². The first-order chi connectivity index (χ1) is 11.8. The number of hydrogen-bond donors (Lipinski definition) is 5. The van der Waals surface area contributed by atoms with E-state index in [1.807, 2.05) is 10.9 Å². The molecule has 1 aromatic carbocycles. The quantitative estimate of drug-likeness (QED) is 0.255. The lowest BCUT2D eigenvalue weighted by molar-refractivity contribution is -0.384. The summed E-state index contributed by atoms with van der Waals surface area (Å²) in [5.41, 5.74) is 3.74. The summed E-state index contributed by atoms with van der Waals surface area (Å²) >= 11 is 0. The molecule has 0 aromatic heterocycles. The Hall–Kier alpha value is -4.03.